The number of anilines is 2. The minimum absolute atomic E-state index is 0.0210. The number of aliphatic imine (C=N–C) groups is 1. The number of sulfone groups is 1. The summed E-state index contributed by atoms with van der Waals surface area (Å²) >= 11 is 0. The highest BCUT2D eigenvalue weighted by molar-refractivity contribution is 7.90. The Morgan fingerprint density at radius 2 is 2.00 bits per heavy atom. The normalized spacial score (nSPS) is 22.4. The SMILES string of the molecule is CS(=O)(=O)c1cc([C@@H]2CCCO2)ccc1Nc1cc(CC(=O)[C@@H]2CC2(F)F)nc2c1N=C(C(F)F)C2. The zero-order chi connectivity index (χ0) is 25.8. The average molecular weight is 526 g/mol. The Balaban J connectivity index is 1.52. The van der Waals surface area contributed by atoms with Gasteiger partial charge in [-0.1, -0.05) is 6.07 Å². The van der Waals surface area contributed by atoms with Gasteiger partial charge in [-0.2, -0.15) is 0 Å². The summed E-state index contributed by atoms with van der Waals surface area (Å²) < 4.78 is 84.3. The Morgan fingerprint density at radius 1 is 1.25 bits per heavy atom. The third-order valence-corrected chi connectivity index (χ3v) is 7.66. The molecule has 0 unspecified atom stereocenters. The predicted octanol–water partition coefficient (Wildman–Crippen LogP) is 4.74. The molecule has 1 N–H and O–H groups in total. The van der Waals surface area contributed by atoms with Gasteiger partial charge < -0.3 is 10.1 Å². The lowest BCUT2D eigenvalue weighted by Crippen LogP contribution is -2.13. The molecule has 3 aliphatic rings. The molecule has 1 saturated heterocycles. The van der Waals surface area contributed by atoms with Gasteiger partial charge in [0.15, 0.2) is 9.84 Å². The maximum absolute atomic E-state index is 13.4. The van der Waals surface area contributed by atoms with Crippen LogP contribution < -0.4 is 5.32 Å². The van der Waals surface area contributed by atoms with E-state index in [1.165, 1.54) is 12.1 Å². The van der Waals surface area contributed by atoms with Crippen molar-refractivity contribution >= 4 is 38.4 Å². The summed E-state index contributed by atoms with van der Waals surface area (Å²) in [5.74, 6) is -5.10. The van der Waals surface area contributed by atoms with E-state index in [0.29, 0.717) is 12.2 Å². The molecule has 0 spiro atoms. The van der Waals surface area contributed by atoms with Crippen LogP contribution in [-0.2, 0) is 32.2 Å². The molecule has 36 heavy (non-hydrogen) atoms. The van der Waals surface area contributed by atoms with E-state index in [1.807, 2.05) is 0 Å². The summed E-state index contributed by atoms with van der Waals surface area (Å²) in [5.41, 5.74) is 1.00. The highest BCUT2D eigenvalue weighted by atomic mass is 32.2. The number of ketones is 1. The van der Waals surface area contributed by atoms with Gasteiger partial charge in [-0.25, -0.2) is 31.0 Å². The highest BCUT2D eigenvalue weighted by Gasteiger charge is 2.60. The monoisotopic (exact) mass is 525 g/mol. The fraction of sp³-hybridized carbons (Fsp3) is 0.458. The Bertz CT molecular complexity index is 1370. The lowest BCUT2D eigenvalue weighted by Gasteiger charge is -2.17. The van der Waals surface area contributed by atoms with Crippen LogP contribution in [0.4, 0.5) is 34.6 Å². The van der Waals surface area contributed by atoms with Crippen LogP contribution in [0.5, 0.6) is 0 Å². The number of benzene rings is 1. The number of carbonyl (C=O) groups is 1. The van der Waals surface area contributed by atoms with Crippen molar-refractivity contribution < 1.29 is 35.5 Å². The molecule has 2 atom stereocenters. The van der Waals surface area contributed by atoms with Crippen molar-refractivity contribution in [3.8, 4) is 0 Å². The first-order chi connectivity index (χ1) is 16.9. The topological polar surface area (TPSA) is 97.7 Å². The number of hydrogen-bond acceptors (Lipinski definition) is 7. The van der Waals surface area contributed by atoms with Crippen molar-refractivity contribution in [1.29, 1.82) is 0 Å². The molecule has 7 nitrogen and oxygen atoms in total. The number of rotatable bonds is 8. The maximum atomic E-state index is 13.4. The van der Waals surface area contributed by atoms with E-state index in [9.17, 15) is 30.8 Å². The van der Waals surface area contributed by atoms with Gasteiger partial charge in [-0.05, 0) is 36.6 Å². The van der Waals surface area contributed by atoms with Gasteiger partial charge in [0, 0.05) is 32.1 Å². The number of carbonyl (C=O) groups excluding carboxylic acids is 1. The molecule has 2 fully saturated rings. The standard InChI is InChI=1S/C24H23F4N3O4S/c1-36(33,34)21-7-12(20-3-2-6-35-20)4-5-15(21)30-16-8-13(9-19(32)14-11-24(14,27)28)29-17-10-18(23(25)26)31-22(16)17/h4-5,7-8,14,20,23H,2-3,6,9-11H2,1H3,(H,29,30)/t14-,20-/m0/s1. The van der Waals surface area contributed by atoms with Crippen molar-refractivity contribution in [3.05, 3.63) is 41.2 Å². The second-order valence-corrected chi connectivity index (χ2v) is 11.3. The molecular weight excluding hydrogens is 502 g/mol. The molecule has 1 aliphatic carbocycles. The third-order valence-electron chi connectivity index (χ3n) is 6.52. The molecule has 2 aromatic rings. The molecule has 12 heteroatoms. The van der Waals surface area contributed by atoms with Crippen LogP contribution in [0.15, 0.2) is 34.2 Å². The molecule has 1 aromatic heterocycles. The zero-order valence-electron chi connectivity index (χ0n) is 19.2. The van der Waals surface area contributed by atoms with Crippen molar-refractivity contribution in [2.24, 2.45) is 10.9 Å². The largest absolute Gasteiger partial charge is 0.374 e. The highest BCUT2D eigenvalue weighted by Crippen LogP contribution is 2.49. The van der Waals surface area contributed by atoms with Gasteiger partial charge in [0.1, 0.15) is 11.5 Å². The third kappa shape index (κ3) is 4.88. The lowest BCUT2D eigenvalue weighted by atomic mass is 10.1. The predicted molar refractivity (Wildman–Crippen MR) is 124 cm³/mol. The average Bonchev–Trinajstić information content (AvgIpc) is 3.19. The van der Waals surface area contributed by atoms with E-state index in [0.717, 1.165) is 19.1 Å². The van der Waals surface area contributed by atoms with Crippen LogP contribution in [0.3, 0.4) is 0 Å². The van der Waals surface area contributed by atoms with Crippen LogP contribution in [-0.4, -0.2) is 50.1 Å². The minimum Gasteiger partial charge on any atom is -0.374 e. The molecule has 192 valence electrons. The van der Waals surface area contributed by atoms with Crippen LogP contribution in [0.25, 0.3) is 0 Å². The number of aromatic nitrogens is 1. The van der Waals surface area contributed by atoms with Gasteiger partial charge in [-0.3, -0.25) is 9.78 Å². The van der Waals surface area contributed by atoms with Crippen molar-refractivity contribution in [2.75, 3.05) is 18.2 Å². The van der Waals surface area contributed by atoms with Crippen molar-refractivity contribution in [1.82, 2.24) is 4.98 Å². The fourth-order valence-corrected chi connectivity index (χ4v) is 5.43. The molecule has 5 rings (SSSR count). The minimum atomic E-state index is -3.72. The fourth-order valence-electron chi connectivity index (χ4n) is 4.56. The maximum Gasteiger partial charge on any atom is 0.277 e. The molecule has 1 aromatic carbocycles. The van der Waals surface area contributed by atoms with E-state index in [4.69, 9.17) is 4.74 Å². The first-order valence-electron chi connectivity index (χ1n) is 11.4. The second kappa shape index (κ2) is 8.91. The molecule has 0 amide bonds. The van der Waals surface area contributed by atoms with E-state index < -0.39 is 52.4 Å². The molecule has 0 radical (unpaired) electrons. The number of pyridine rings is 1. The first kappa shape index (κ1) is 24.8. The molecule has 0 bridgehead atoms. The van der Waals surface area contributed by atoms with E-state index >= 15 is 0 Å². The summed E-state index contributed by atoms with van der Waals surface area (Å²) in [6.07, 6.45) is -1.56. The summed E-state index contributed by atoms with van der Waals surface area (Å²) in [4.78, 5) is 20.5. The smallest absolute Gasteiger partial charge is 0.277 e. The quantitative estimate of drug-likeness (QED) is 0.500. The van der Waals surface area contributed by atoms with Gasteiger partial charge in [0.05, 0.1) is 45.4 Å². The summed E-state index contributed by atoms with van der Waals surface area (Å²) in [7, 11) is -3.72. The van der Waals surface area contributed by atoms with E-state index in [-0.39, 0.29) is 45.9 Å². The molecular formula is C24H23F4N3O4S. The zero-order valence-corrected chi connectivity index (χ0v) is 20.0. The number of Topliss-reactive ketones (excluding diaryl/α,β-unsaturated/α-hetero) is 1. The van der Waals surface area contributed by atoms with Gasteiger partial charge in [0.25, 0.3) is 12.3 Å². The Morgan fingerprint density at radius 3 is 2.61 bits per heavy atom. The second-order valence-electron chi connectivity index (χ2n) is 9.35. The first-order valence-corrected chi connectivity index (χ1v) is 13.3. The number of nitrogens with zero attached hydrogens (tertiary/aromatic N) is 2. The van der Waals surface area contributed by atoms with Gasteiger partial charge in [0.2, 0.25) is 0 Å². The van der Waals surface area contributed by atoms with Crippen LogP contribution in [0.1, 0.15) is 42.3 Å². The summed E-state index contributed by atoms with van der Waals surface area (Å²) in [6, 6.07) is 6.17. The van der Waals surface area contributed by atoms with E-state index in [1.54, 1.807) is 12.1 Å². The number of halogens is 4. The molecule has 3 heterocycles. The summed E-state index contributed by atoms with van der Waals surface area (Å²) in [5, 5.41) is 2.96. The summed E-state index contributed by atoms with van der Waals surface area (Å²) in [6.45, 7) is 0.584. The Kier molecular flexibility index (Phi) is 6.14. The van der Waals surface area contributed by atoms with Crippen molar-refractivity contribution in [3.63, 3.8) is 0 Å². The van der Waals surface area contributed by atoms with E-state index in [2.05, 4.69) is 15.3 Å². The number of hydrogen-bond donors (Lipinski definition) is 1. The van der Waals surface area contributed by atoms with Crippen molar-refractivity contribution in [2.45, 2.75) is 55.5 Å². The number of nitrogens with one attached hydrogen (secondary N) is 1. The Labute approximate surface area is 204 Å². The van der Waals surface area contributed by atoms with Crippen LogP contribution in [0.2, 0.25) is 0 Å². The van der Waals surface area contributed by atoms with Crippen LogP contribution in [0, 0.1) is 5.92 Å². The van der Waals surface area contributed by atoms with Crippen LogP contribution >= 0.6 is 0 Å². The number of alkyl halides is 4. The molecule has 2 aliphatic heterocycles. The van der Waals surface area contributed by atoms with Gasteiger partial charge >= 0.3 is 0 Å². The van der Waals surface area contributed by atoms with Gasteiger partial charge in [-0.15, -0.1) is 0 Å². The lowest BCUT2D eigenvalue weighted by molar-refractivity contribution is -0.121. The molecule has 1 saturated carbocycles. The number of fused-ring (bicyclic) bond motifs is 1. The Hall–Kier alpha value is -2.86. The number of ether oxygens (including phenoxy) is 1.